The summed E-state index contributed by atoms with van der Waals surface area (Å²) in [4.78, 5) is 29.5. The predicted octanol–water partition coefficient (Wildman–Crippen LogP) is 2.82. The van der Waals surface area contributed by atoms with Crippen LogP contribution in [0.2, 0.25) is 0 Å². The van der Waals surface area contributed by atoms with Gasteiger partial charge in [0.15, 0.2) is 5.82 Å². The van der Waals surface area contributed by atoms with Crippen LogP contribution in [0, 0.1) is 0 Å². The van der Waals surface area contributed by atoms with Crippen molar-refractivity contribution in [3.63, 3.8) is 0 Å². The molecule has 10 heteroatoms. The Morgan fingerprint density at radius 3 is 2.78 bits per heavy atom. The topological polar surface area (TPSA) is 89.4 Å². The van der Waals surface area contributed by atoms with Gasteiger partial charge in [-0.15, -0.1) is 0 Å². The Morgan fingerprint density at radius 2 is 2.04 bits per heavy atom. The van der Waals surface area contributed by atoms with E-state index in [2.05, 4.69) is 14.7 Å². The molecule has 0 spiro atoms. The zero-order valence-electron chi connectivity index (χ0n) is 13.7. The number of carbonyl (C=O) groups is 1. The Labute approximate surface area is 149 Å². The molecular formula is C17H12F3N3O4. The Morgan fingerprint density at radius 1 is 1.26 bits per heavy atom. The van der Waals surface area contributed by atoms with Gasteiger partial charge in [0.25, 0.3) is 5.91 Å². The molecule has 1 atom stereocenters. The third-order valence-corrected chi connectivity index (χ3v) is 4.40. The van der Waals surface area contributed by atoms with Crippen LogP contribution in [0.4, 0.5) is 13.2 Å². The van der Waals surface area contributed by atoms with Gasteiger partial charge in [-0.3, -0.25) is 4.79 Å². The van der Waals surface area contributed by atoms with Crippen molar-refractivity contribution in [2.75, 3.05) is 13.1 Å². The van der Waals surface area contributed by atoms with Gasteiger partial charge >= 0.3 is 17.7 Å². The lowest BCUT2D eigenvalue weighted by Gasteiger charge is -2.15. The van der Waals surface area contributed by atoms with Crippen molar-refractivity contribution in [1.29, 1.82) is 0 Å². The Hall–Kier alpha value is -3.17. The second kappa shape index (κ2) is 6.22. The molecule has 140 valence electrons. The zero-order chi connectivity index (χ0) is 19.2. The summed E-state index contributed by atoms with van der Waals surface area (Å²) in [6.07, 6.45) is -4.36. The lowest BCUT2D eigenvalue weighted by molar-refractivity contribution is -0.159. The molecule has 1 amide bonds. The van der Waals surface area contributed by atoms with Gasteiger partial charge in [0.2, 0.25) is 0 Å². The SMILES string of the molecule is O=C(c1cc2ccccc2oc1=O)N1CC[C@H](c2noc(C(F)(F)F)n2)C1. The van der Waals surface area contributed by atoms with Gasteiger partial charge in [-0.05, 0) is 18.6 Å². The van der Waals surface area contributed by atoms with Crippen LogP contribution in [0.25, 0.3) is 11.0 Å². The van der Waals surface area contributed by atoms with Crippen LogP contribution in [-0.2, 0) is 6.18 Å². The molecule has 0 unspecified atom stereocenters. The Kier molecular flexibility index (Phi) is 3.97. The van der Waals surface area contributed by atoms with E-state index in [4.69, 9.17) is 4.42 Å². The Balaban J connectivity index is 1.55. The minimum atomic E-state index is -4.72. The molecule has 1 aliphatic rings. The van der Waals surface area contributed by atoms with Gasteiger partial charge in [0.05, 0.1) is 0 Å². The Bertz CT molecular complexity index is 1070. The van der Waals surface area contributed by atoms with Crippen LogP contribution in [-0.4, -0.2) is 34.0 Å². The van der Waals surface area contributed by atoms with E-state index in [0.29, 0.717) is 17.4 Å². The number of rotatable bonds is 2. The van der Waals surface area contributed by atoms with Crippen LogP contribution in [0.15, 0.2) is 44.1 Å². The third-order valence-electron chi connectivity index (χ3n) is 4.40. The summed E-state index contributed by atoms with van der Waals surface area (Å²) < 4.78 is 47.1. The van der Waals surface area contributed by atoms with Crippen LogP contribution in [0.1, 0.15) is 34.4 Å². The summed E-state index contributed by atoms with van der Waals surface area (Å²) in [5.74, 6) is -2.57. The van der Waals surface area contributed by atoms with E-state index in [1.54, 1.807) is 24.3 Å². The van der Waals surface area contributed by atoms with E-state index < -0.39 is 29.5 Å². The maximum Gasteiger partial charge on any atom is 0.471 e. The standard InChI is InChI=1S/C17H12F3N3O4/c18-17(19,20)16-21-13(22-27-16)10-5-6-23(8-10)14(24)11-7-9-3-1-2-4-12(9)26-15(11)25/h1-4,7,10H,5-6,8H2/t10-/m0/s1. The monoisotopic (exact) mass is 379 g/mol. The number of hydrogen-bond acceptors (Lipinski definition) is 6. The number of nitrogens with zero attached hydrogens (tertiary/aromatic N) is 3. The van der Waals surface area contributed by atoms with E-state index in [9.17, 15) is 22.8 Å². The average Bonchev–Trinajstić information content (AvgIpc) is 3.29. The molecule has 0 radical (unpaired) electrons. The molecule has 27 heavy (non-hydrogen) atoms. The first-order valence-electron chi connectivity index (χ1n) is 8.06. The number of para-hydroxylation sites is 1. The van der Waals surface area contributed by atoms with Crippen LogP contribution in [0.5, 0.6) is 0 Å². The zero-order valence-corrected chi connectivity index (χ0v) is 13.7. The maximum atomic E-state index is 12.7. The average molecular weight is 379 g/mol. The summed E-state index contributed by atoms with van der Waals surface area (Å²) in [7, 11) is 0. The highest BCUT2D eigenvalue weighted by atomic mass is 19.4. The van der Waals surface area contributed by atoms with E-state index in [0.717, 1.165) is 0 Å². The second-order valence-electron chi connectivity index (χ2n) is 6.18. The molecule has 0 N–H and O–H groups in total. The van der Waals surface area contributed by atoms with E-state index in [-0.39, 0.29) is 24.5 Å². The fourth-order valence-electron chi connectivity index (χ4n) is 3.05. The quantitative estimate of drug-likeness (QED) is 0.636. The van der Waals surface area contributed by atoms with E-state index in [1.807, 2.05) is 0 Å². The normalized spacial score (nSPS) is 17.6. The van der Waals surface area contributed by atoms with Crippen molar-refractivity contribution in [1.82, 2.24) is 15.0 Å². The van der Waals surface area contributed by atoms with Gasteiger partial charge in [-0.1, -0.05) is 23.4 Å². The molecule has 1 saturated heterocycles. The molecular weight excluding hydrogens is 367 g/mol. The van der Waals surface area contributed by atoms with Crippen molar-refractivity contribution in [3.05, 3.63) is 58.0 Å². The largest absolute Gasteiger partial charge is 0.471 e. The smallest absolute Gasteiger partial charge is 0.422 e. The van der Waals surface area contributed by atoms with Gasteiger partial charge in [0, 0.05) is 24.4 Å². The minimum absolute atomic E-state index is 0.0852. The van der Waals surface area contributed by atoms with Crippen molar-refractivity contribution in [2.24, 2.45) is 0 Å². The molecule has 0 saturated carbocycles. The number of benzene rings is 1. The first kappa shape index (κ1) is 17.3. The van der Waals surface area contributed by atoms with Crippen LogP contribution >= 0.6 is 0 Å². The number of fused-ring (bicyclic) bond motifs is 1. The van der Waals surface area contributed by atoms with Crippen molar-refractivity contribution in [3.8, 4) is 0 Å². The molecule has 1 aromatic carbocycles. The second-order valence-corrected chi connectivity index (χ2v) is 6.18. The summed E-state index contributed by atoms with van der Waals surface area (Å²) >= 11 is 0. The summed E-state index contributed by atoms with van der Waals surface area (Å²) in [5, 5.41) is 3.97. The van der Waals surface area contributed by atoms with E-state index in [1.165, 1.54) is 11.0 Å². The molecule has 4 rings (SSSR count). The van der Waals surface area contributed by atoms with Gasteiger partial charge in [-0.25, -0.2) is 4.79 Å². The molecule has 1 aliphatic heterocycles. The lowest BCUT2D eigenvalue weighted by atomic mass is 10.1. The number of likely N-dealkylation sites (tertiary alicyclic amines) is 1. The first-order valence-corrected chi connectivity index (χ1v) is 8.06. The number of hydrogen-bond donors (Lipinski definition) is 0. The van der Waals surface area contributed by atoms with Crippen molar-refractivity contribution in [2.45, 2.75) is 18.5 Å². The highest BCUT2D eigenvalue weighted by Crippen LogP contribution is 2.31. The van der Waals surface area contributed by atoms with Gasteiger partial charge in [0.1, 0.15) is 11.1 Å². The molecule has 3 aromatic rings. The molecule has 0 aliphatic carbocycles. The molecule has 7 nitrogen and oxygen atoms in total. The number of alkyl halides is 3. The molecule has 0 bridgehead atoms. The fourth-order valence-corrected chi connectivity index (χ4v) is 3.05. The van der Waals surface area contributed by atoms with Gasteiger partial charge in [-0.2, -0.15) is 18.2 Å². The summed E-state index contributed by atoms with van der Waals surface area (Å²) in [6.45, 7) is 0.341. The highest BCUT2D eigenvalue weighted by molar-refractivity contribution is 5.96. The number of amides is 1. The number of aromatic nitrogens is 2. The molecule has 2 aromatic heterocycles. The molecule has 1 fully saturated rings. The lowest BCUT2D eigenvalue weighted by Crippen LogP contribution is -2.32. The third kappa shape index (κ3) is 3.18. The number of carbonyl (C=O) groups excluding carboxylic acids is 1. The highest BCUT2D eigenvalue weighted by Gasteiger charge is 2.40. The first-order chi connectivity index (χ1) is 12.8. The van der Waals surface area contributed by atoms with Crippen LogP contribution in [0.3, 0.4) is 0 Å². The van der Waals surface area contributed by atoms with Gasteiger partial charge < -0.3 is 13.8 Å². The van der Waals surface area contributed by atoms with Crippen molar-refractivity contribution >= 4 is 16.9 Å². The maximum absolute atomic E-state index is 12.7. The summed E-state index contributed by atoms with van der Waals surface area (Å²) in [6, 6.07) is 8.23. The van der Waals surface area contributed by atoms with Crippen LogP contribution < -0.4 is 5.63 Å². The van der Waals surface area contributed by atoms with Crippen molar-refractivity contribution < 1.29 is 26.9 Å². The number of halogens is 3. The summed E-state index contributed by atoms with van der Waals surface area (Å²) in [5.41, 5.74) is -0.524. The fraction of sp³-hybridized carbons (Fsp3) is 0.294. The van der Waals surface area contributed by atoms with E-state index >= 15 is 0 Å². The minimum Gasteiger partial charge on any atom is -0.422 e. The molecule has 3 heterocycles. The predicted molar refractivity (Wildman–Crippen MR) is 85.0 cm³/mol.